The van der Waals surface area contributed by atoms with Gasteiger partial charge in [-0.05, 0) is 38.0 Å². The zero-order chi connectivity index (χ0) is 19.1. The quantitative estimate of drug-likeness (QED) is 0.489. The summed E-state index contributed by atoms with van der Waals surface area (Å²) in [6.07, 6.45) is 1.51. The van der Waals surface area contributed by atoms with Gasteiger partial charge in [0.2, 0.25) is 0 Å². The van der Waals surface area contributed by atoms with Gasteiger partial charge in [-0.3, -0.25) is 9.36 Å². The van der Waals surface area contributed by atoms with Gasteiger partial charge in [0.05, 0.1) is 18.3 Å². The standard InChI is InChI=1S/C22H19FN2OS/c1-13-8-9-14(2)17(10-13)19-15(3)27-21-20(19)22(26)25(12-24-21)11-16-6-4-5-7-18(16)23/h4-10,12H,11H2,1-3H3. The predicted molar refractivity (Wildman–Crippen MR) is 109 cm³/mol. The predicted octanol–water partition coefficient (Wildman–Crippen LogP) is 5.24. The van der Waals surface area contributed by atoms with E-state index in [4.69, 9.17) is 0 Å². The largest absolute Gasteiger partial charge is 0.294 e. The molecule has 0 saturated carbocycles. The topological polar surface area (TPSA) is 34.9 Å². The van der Waals surface area contributed by atoms with Crippen molar-refractivity contribution in [1.29, 1.82) is 0 Å². The minimum absolute atomic E-state index is 0.136. The molecule has 0 bridgehead atoms. The van der Waals surface area contributed by atoms with Gasteiger partial charge < -0.3 is 0 Å². The Balaban J connectivity index is 1.94. The van der Waals surface area contributed by atoms with Crippen molar-refractivity contribution in [1.82, 2.24) is 9.55 Å². The molecule has 2 heterocycles. The minimum atomic E-state index is -0.319. The van der Waals surface area contributed by atoms with Gasteiger partial charge in [-0.1, -0.05) is 42.0 Å². The van der Waals surface area contributed by atoms with Crippen LogP contribution in [0.2, 0.25) is 0 Å². The van der Waals surface area contributed by atoms with Crippen molar-refractivity contribution < 1.29 is 4.39 Å². The molecule has 4 rings (SSSR count). The third-order valence-corrected chi connectivity index (χ3v) is 5.83. The summed E-state index contributed by atoms with van der Waals surface area (Å²) in [7, 11) is 0. The van der Waals surface area contributed by atoms with Gasteiger partial charge >= 0.3 is 0 Å². The van der Waals surface area contributed by atoms with Crippen LogP contribution in [0.5, 0.6) is 0 Å². The number of nitrogens with zero attached hydrogens (tertiary/aromatic N) is 2. The van der Waals surface area contributed by atoms with E-state index >= 15 is 0 Å². The highest BCUT2D eigenvalue weighted by molar-refractivity contribution is 7.19. The second-order valence-electron chi connectivity index (χ2n) is 6.80. The third-order valence-electron chi connectivity index (χ3n) is 4.82. The number of fused-ring (bicyclic) bond motifs is 1. The highest BCUT2D eigenvalue weighted by Crippen LogP contribution is 2.37. The molecule has 0 atom stereocenters. The Morgan fingerprint density at radius 1 is 1.11 bits per heavy atom. The van der Waals surface area contributed by atoms with Crippen LogP contribution in [-0.4, -0.2) is 9.55 Å². The molecule has 0 amide bonds. The van der Waals surface area contributed by atoms with E-state index in [0.29, 0.717) is 10.9 Å². The van der Waals surface area contributed by atoms with E-state index < -0.39 is 0 Å². The third kappa shape index (κ3) is 3.08. The summed E-state index contributed by atoms with van der Waals surface area (Å²) >= 11 is 1.52. The summed E-state index contributed by atoms with van der Waals surface area (Å²) in [5, 5.41) is 0.616. The van der Waals surface area contributed by atoms with E-state index in [2.05, 4.69) is 23.2 Å². The molecule has 0 unspecified atom stereocenters. The minimum Gasteiger partial charge on any atom is -0.294 e. The maximum absolute atomic E-state index is 14.0. The lowest BCUT2D eigenvalue weighted by Gasteiger charge is -2.10. The van der Waals surface area contributed by atoms with Crippen molar-refractivity contribution in [2.24, 2.45) is 0 Å². The summed E-state index contributed by atoms with van der Waals surface area (Å²) in [4.78, 5) is 19.5. The highest BCUT2D eigenvalue weighted by Gasteiger charge is 2.18. The molecule has 0 aliphatic heterocycles. The molecule has 27 heavy (non-hydrogen) atoms. The van der Waals surface area contributed by atoms with Crippen LogP contribution in [-0.2, 0) is 6.54 Å². The average Bonchev–Trinajstić information content (AvgIpc) is 2.98. The number of thiophene rings is 1. The summed E-state index contributed by atoms with van der Waals surface area (Å²) in [5.41, 5.74) is 4.60. The van der Waals surface area contributed by atoms with E-state index in [1.54, 1.807) is 18.2 Å². The first-order chi connectivity index (χ1) is 13.0. The molecule has 0 radical (unpaired) electrons. The molecule has 0 aliphatic rings. The molecular formula is C22H19FN2OS. The molecule has 0 fully saturated rings. The van der Waals surface area contributed by atoms with E-state index in [-0.39, 0.29) is 17.9 Å². The molecule has 0 N–H and O–H groups in total. The van der Waals surface area contributed by atoms with Crippen molar-refractivity contribution in [2.75, 3.05) is 0 Å². The number of halogens is 1. The van der Waals surface area contributed by atoms with E-state index in [1.807, 2.05) is 20.8 Å². The zero-order valence-corrected chi connectivity index (χ0v) is 16.2. The summed E-state index contributed by atoms with van der Waals surface area (Å²) in [6.45, 7) is 6.27. The van der Waals surface area contributed by atoms with Gasteiger partial charge in [0.1, 0.15) is 10.6 Å². The Morgan fingerprint density at radius 3 is 2.67 bits per heavy atom. The summed E-state index contributed by atoms with van der Waals surface area (Å²) in [5.74, 6) is -0.319. The van der Waals surface area contributed by atoms with Crippen LogP contribution >= 0.6 is 11.3 Å². The van der Waals surface area contributed by atoms with Crippen LogP contribution < -0.4 is 5.56 Å². The van der Waals surface area contributed by atoms with Gasteiger partial charge in [-0.2, -0.15) is 0 Å². The number of hydrogen-bond acceptors (Lipinski definition) is 3. The molecule has 0 spiro atoms. The number of benzene rings is 2. The van der Waals surface area contributed by atoms with Gasteiger partial charge in [0.15, 0.2) is 0 Å². The maximum atomic E-state index is 14.0. The van der Waals surface area contributed by atoms with Crippen LogP contribution in [0.1, 0.15) is 21.6 Å². The van der Waals surface area contributed by atoms with Crippen molar-refractivity contribution in [3.05, 3.63) is 86.5 Å². The lowest BCUT2D eigenvalue weighted by molar-refractivity contribution is 0.595. The first kappa shape index (κ1) is 17.6. The Hall–Kier alpha value is -2.79. The normalized spacial score (nSPS) is 11.3. The molecule has 4 aromatic rings. The van der Waals surface area contributed by atoms with Gasteiger partial charge in [0.25, 0.3) is 5.56 Å². The molecular weight excluding hydrogens is 359 g/mol. The lowest BCUT2D eigenvalue weighted by Crippen LogP contribution is -2.21. The van der Waals surface area contributed by atoms with Crippen molar-refractivity contribution >= 4 is 21.6 Å². The number of aromatic nitrogens is 2. The maximum Gasteiger partial charge on any atom is 0.263 e. The Morgan fingerprint density at radius 2 is 1.89 bits per heavy atom. The van der Waals surface area contributed by atoms with E-state index in [1.165, 1.54) is 28.3 Å². The van der Waals surface area contributed by atoms with Crippen molar-refractivity contribution in [3.63, 3.8) is 0 Å². The van der Waals surface area contributed by atoms with Crippen LogP contribution in [0.15, 0.2) is 53.6 Å². The molecule has 2 aromatic carbocycles. The summed E-state index contributed by atoms with van der Waals surface area (Å²) in [6, 6.07) is 12.8. The number of rotatable bonds is 3. The number of aryl methyl sites for hydroxylation is 3. The lowest BCUT2D eigenvalue weighted by atomic mass is 9.97. The fourth-order valence-electron chi connectivity index (χ4n) is 3.39. The van der Waals surface area contributed by atoms with Gasteiger partial charge in [-0.25, -0.2) is 9.37 Å². The summed E-state index contributed by atoms with van der Waals surface area (Å²) < 4.78 is 15.5. The smallest absolute Gasteiger partial charge is 0.263 e. The fourth-order valence-corrected chi connectivity index (χ4v) is 4.39. The van der Waals surface area contributed by atoms with Crippen LogP contribution in [0.4, 0.5) is 4.39 Å². The van der Waals surface area contributed by atoms with Crippen LogP contribution in [0.25, 0.3) is 21.3 Å². The van der Waals surface area contributed by atoms with Gasteiger partial charge in [0, 0.05) is 16.0 Å². The SMILES string of the molecule is Cc1ccc(C)c(-c2c(C)sc3ncn(Cc4ccccc4F)c(=O)c23)c1. The van der Waals surface area contributed by atoms with Gasteiger partial charge in [-0.15, -0.1) is 11.3 Å². The monoisotopic (exact) mass is 378 g/mol. The molecule has 2 aromatic heterocycles. The second-order valence-corrected chi connectivity index (χ2v) is 8.00. The molecule has 0 aliphatic carbocycles. The molecule has 0 saturated heterocycles. The molecule has 3 nitrogen and oxygen atoms in total. The highest BCUT2D eigenvalue weighted by atomic mass is 32.1. The van der Waals surface area contributed by atoms with E-state index in [9.17, 15) is 9.18 Å². The first-order valence-electron chi connectivity index (χ1n) is 8.75. The van der Waals surface area contributed by atoms with Crippen LogP contribution in [0.3, 0.4) is 0 Å². The Labute approximate surface area is 160 Å². The number of hydrogen-bond donors (Lipinski definition) is 0. The molecule has 136 valence electrons. The Bertz CT molecular complexity index is 1220. The second kappa shape index (κ2) is 6.74. The van der Waals surface area contributed by atoms with Crippen molar-refractivity contribution in [3.8, 4) is 11.1 Å². The average molecular weight is 378 g/mol. The van der Waals surface area contributed by atoms with Crippen molar-refractivity contribution in [2.45, 2.75) is 27.3 Å². The zero-order valence-electron chi connectivity index (χ0n) is 15.4. The molecule has 5 heteroatoms. The Kier molecular flexibility index (Phi) is 4.40. The first-order valence-corrected chi connectivity index (χ1v) is 9.57. The fraction of sp³-hybridized carbons (Fsp3) is 0.182. The van der Waals surface area contributed by atoms with E-state index in [0.717, 1.165) is 32.0 Å². The van der Waals surface area contributed by atoms with Crippen LogP contribution in [0, 0.1) is 26.6 Å².